The van der Waals surface area contributed by atoms with Crippen LogP contribution in [0.2, 0.25) is 10.0 Å². The maximum Gasteiger partial charge on any atom is 0.150 e. The van der Waals surface area contributed by atoms with Crippen LogP contribution in [-0.2, 0) is 5.88 Å². The van der Waals surface area contributed by atoms with E-state index in [0.29, 0.717) is 21.7 Å². The highest BCUT2D eigenvalue weighted by atomic mass is 35.5. The van der Waals surface area contributed by atoms with Crippen LogP contribution in [0.5, 0.6) is 5.75 Å². The summed E-state index contributed by atoms with van der Waals surface area (Å²) in [6, 6.07) is 5.16. The van der Waals surface area contributed by atoms with E-state index >= 15 is 0 Å². The minimum atomic E-state index is -0.114. The Labute approximate surface area is 131 Å². The Hall–Kier alpha value is -0.480. The summed E-state index contributed by atoms with van der Waals surface area (Å²) < 4.78 is 5.91. The van der Waals surface area contributed by atoms with Crippen LogP contribution in [0, 0.1) is 0 Å². The average molecular weight is 337 g/mol. The minimum absolute atomic E-state index is 0.114. The summed E-state index contributed by atoms with van der Waals surface area (Å²) in [4.78, 5) is 4.44. The van der Waals surface area contributed by atoms with Crippen molar-refractivity contribution >= 4 is 46.1 Å². The molecule has 0 spiro atoms. The van der Waals surface area contributed by atoms with Gasteiger partial charge in [-0.3, -0.25) is 0 Å². The lowest BCUT2D eigenvalue weighted by Crippen LogP contribution is -2.06. The number of thiazole rings is 1. The first kappa shape index (κ1) is 14.9. The molecule has 1 atom stereocenters. The number of nitrogens with zero attached hydrogens (tertiary/aromatic N) is 1. The molecule has 1 aromatic heterocycles. The van der Waals surface area contributed by atoms with Crippen molar-refractivity contribution in [1.82, 2.24) is 4.98 Å². The molecule has 0 saturated carbocycles. The minimum Gasteiger partial charge on any atom is -0.483 e. The molecular weight excluding hydrogens is 325 g/mol. The van der Waals surface area contributed by atoms with E-state index in [2.05, 4.69) is 4.98 Å². The Morgan fingerprint density at radius 2 is 1.95 bits per heavy atom. The highest BCUT2D eigenvalue weighted by Gasteiger charge is 2.16. The Morgan fingerprint density at radius 3 is 2.47 bits per heavy atom. The first-order chi connectivity index (χ1) is 9.12. The predicted octanol–water partition coefficient (Wildman–Crippen LogP) is 5.72. The number of alkyl halides is 1. The van der Waals surface area contributed by atoms with Gasteiger partial charge in [0.15, 0.2) is 0 Å². The molecule has 0 fully saturated rings. The van der Waals surface area contributed by atoms with Crippen LogP contribution >= 0.6 is 46.1 Å². The lowest BCUT2D eigenvalue weighted by molar-refractivity contribution is 0.200. The molecule has 0 saturated heterocycles. The average Bonchev–Trinajstić information content (AvgIpc) is 2.83. The number of rotatable bonds is 5. The van der Waals surface area contributed by atoms with E-state index in [0.717, 1.165) is 17.1 Å². The molecule has 0 radical (unpaired) electrons. The van der Waals surface area contributed by atoms with Gasteiger partial charge in [-0.25, -0.2) is 4.98 Å². The molecule has 1 unspecified atom stereocenters. The molecule has 2 rings (SSSR count). The highest BCUT2D eigenvalue weighted by Crippen LogP contribution is 2.31. The van der Waals surface area contributed by atoms with E-state index in [9.17, 15) is 0 Å². The van der Waals surface area contributed by atoms with Crippen molar-refractivity contribution in [2.24, 2.45) is 0 Å². The Bertz CT molecular complexity index is 538. The second-order valence-corrected chi connectivity index (χ2v) is 5.96. The van der Waals surface area contributed by atoms with Gasteiger partial charge in [0.2, 0.25) is 0 Å². The molecule has 2 nitrogen and oxygen atoms in total. The summed E-state index contributed by atoms with van der Waals surface area (Å²) in [5, 5.41) is 3.96. The Balaban J connectivity index is 2.18. The third-order valence-corrected chi connectivity index (χ3v) is 4.16. The lowest BCUT2D eigenvalue weighted by atomic mass is 10.3. The van der Waals surface area contributed by atoms with Crippen LogP contribution in [0.1, 0.15) is 30.2 Å². The van der Waals surface area contributed by atoms with E-state index in [1.54, 1.807) is 29.5 Å². The largest absolute Gasteiger partial charge is 0.483 e. The van der Waals surface area contributed by atoms with Crippen molar-refractivity contribution in [2.75, 3.05) is 0 Å². The van der Waals surface area contributed by atoms with Crippen molar-refractivity contribution in [3.05, 3.63) is 44.3 Å². The van der Waals surface area contributed by atoms with Gasteiger partial charge < -0.3 is 4.74 Å². The first-order valence-corrected chi connectivity index (χ1v) is 7.92. The van der Waals surface area contributed by atoms with Gasteiger partial charge in [0.05, 0.1) is 11.6 Å². The van der Waals surface area contributed by atoms with E-state index < -0.39 is 0 Å². The molecule has 2 aromatic rings. The number of hydrogen-bond donors (Lipinski definition) is 0. The first-order valence-electron chi connectivity index (χ1n) is 5.75. The second kappa shape index (κ2) is 6.80. The summed E-state index contributed by atoms with van der Waals surface area (Å²) in [6.45, 7) is 2.04. The predicted molar refractivity (Wildman–Crippen MR) is 81.8 cm³/mol. The van der Waals surface area contributed by atoms with Gasteiger partial charge in [-0.15, -0.1) is 22.9 Å². The van der Waals surface area contributed by atoms with Crippen LogP contribution in [0.15, 0.2) is 23.6 Å². The third-order valence-electron chi connectivity index (χ3n) is 2.47. The molecule has 0 aliphatic heterocycles. The van der Waals surface area contributed by atoms with Gasteiger partial charge in [-0.05, 0) is 24.6 Å². The van der Waals surface area contributed by atoms with Gasteiger partial charge in [0.25, 0.3) is 0 Å². The van der Waals surface area contributed by atoms with Crippen molar-refractivity contribution in [1.29, 1.82) is 0 Å². The van der Waals surface area contributed by atoms with Gasteiger partial charge in [-0.2, -0.15) is 0 Å². The van der Waals surface area contributed by atoms with E-state index in [-0.39, 0.29) is 6.10 Å². The van der Waals surface area contributed by atoms with Crippen LogP contribution < -0.4 is 4.74 Å². The van der Waals surface area contributed by atoms with Crippen molar-refractivity contribution in [3.8, 4) is 5.75 Å². The number of halogens is 3. The van der Waals surface area contributed by atoms with Crippen LogP contribution in [0.3, 0.4) is 0 Å². The second-order valence-electron chi connectivity index (χ2n) is 3.93. The molecule has 6 heteroatoms. The monoisotopic (exact) mass is 335 g/mol. The van der Waals surface area contributed by atoms with Crippen molar-refractivity contribution < 1.29 is 4.74 Å². The van der Waals surface area contributed by atoms with Gasteiger partial charge in [0, 0.05) is 15.4 Å². The quantitative estimate of drug-likeness (QED) is 0.651. The molecule has 0 aliphatic rings. The summed E-state index contributed by atoms with van der Waals surface area (Å²) in [5.41, 5.74) is 0.868. The van der Waals surface area contributed by atoms with Crippen molar-refractivity contribution in [3.63, 3.8) is 0 Å². The number of ether oxygens (including phenoxy) is 1. The Kier molecular flexibility index (Phi) is 5.34. The van der Waals surface area contributed by atoms with E-state index in [1.807, 2.05) is 12.3 Å². The number of hydrogen-bond acceptors (Lipinski definition) is 3. The molecule has 0 bridgehead atoms. The maximum atomic E-state index is 5.95. The highest BCUT2D eigenvalue weighted by molar-refractivity contribution is 7.09. The fourth-order valence-electron chi connectivity index (χ4n) is 1.60. The molecule has 1 heterocycles. The van der Waals surface area contributed by atoms with Gasteiger partial charge in [0.1, 0.15) is 16.9 Å². The topological polar surface area (TPSA) is 22.1 Å². The SMILES string of the molecule is CCC(Oc1cc(Cl)cc(Cl)c1)c1nc(CCl)cs1. The standard InChI is InChI=1S/C13H12Cl3NOS/c1-2-12(13-17-10(6-14)7-19-13)18-11-4-8(15)3-9(16)5-11/h3-5,7,12H,2,6H2,1H3. The molecular formula is C13H12Cl3NOS. The maximum absolute atomic E-state index is 5.95. The molecule has 0 amide bonds. The van der Waals surface area contributed by atoms with Crippen LogP contribution in [-0.4, -0.2) is 4.98 Å². The fraction of sp³-hybridized carbons (Fsp3) is 0.308. The Morgan fingerprint density at radius 1 is 1.26 bits per heavy atom. The zero-order valence-electron chi connectivity index (χ0n) is 10.2. The molecule has 0 aliphatic carbocycles. The zero-order valence-corrected chi connectivity index (χ0v) is 13.3. The lowest BCUT2D eigenvalue weighted by Gasteiger charge is -2.15. The van der Waals surface area contributed by atoms with E-state index in [4.69, 9.17) is 39.5 Å². The number of benzene rings is 1. The van der Waals surface area contributed by atoms with Gasteiger partial charge in [-0.1, -0.05) is 30.1 Å². The smallest absolute Gasteiger partial charge is 0.150 e. The summed E-state index contributed by atoms with van der Waals surface area (Å²) >= 11 is 19.2. The summed E-state index contributed by atoms with van der Waals surface area (Å²) in [7, 11) is 0. The number of aromatic nitrogens is 1. The van der Waals surface area contributed by atoms with Gasteiger partial charge >= 0.3 is 0 Å². The molecule has 0 N–H and O–H groups in total. The zero-order chi connectivity index (χ0) is 13.8. The van der Waals surface area contributed by atoms with E-state index in [1.165, 1.54) is 0 Å². The van der Waals surface area contributed by atoms with Crippen LogP contribution in [0.4, 0.5) is 0 Å². The third kappa shape index (κ3) is 3.99. The molecule has 102 valence electrons. The summed E-state index contributed by atoms with van der Waals surface area (Å²) in [5.74, 6) is 1.06. The summed E-state index contributed by atoms with van der Waals surface area (Å²) in [6.07, 6.45) is 0.691. The fourth-order valence-corrected chi connectivity index (χ4v) is 3.26. The molecule has 19 heavy (non-hydrogen) atoms. The molecule has 1 aromatic carbocycles. The van der Waals surface area contributed by atoms with Crippen molar-refractivity contribution in [2.45, 2.75) is 25.3 Å². The van der Waals surface area contributed by atoms with Crippen LogP contribution in [0.25, 0.3) is 0 Å². The normalized spacial score (nSPS) is 12.4.